The van der Waals surface area contributed by atoms with Gasteiger partial charge in [0.05, 0.1) is 6.10 Å². The first-order valence-corrected chi connectivity index (χ1v) is 5.75. The highest BCUT2D eigenvalue weighted by Gasteiger charge is 2.52. The summed E-state index contributed by atoms with van der Waals surface area (Å²) in [5.74, 6) is 1.02. The van der Waals surface area contributed by atoms with Crippen molar-refractivity contribution < 1.29 is 4.74 Å². The second-order valence-corrected chi connectivity index (χ2v) is 5.00. The van der Waals surface area contributed by atoms with Crippen molar-refractivity contribution >= 4 is 22.6 Å². The molecule has 1 aromatic carbocycles. The van der Waals surface area contributed by atoms with Gasteiger partial charge in [0.25, 0.3) is 0 Å². The van der Waals surface area contributed by atoms with Gasteiger partial charge < -0.3 is 4.74 Å². The summed E-state index contributed by atoms with van der Waals surface area (Å²) in [6, 6.07) is 10.5. The zero-order valence-corrected chi connectivity index (χ0v) is 10.3. The monoisotopic (exact) mass is 300 g/mol. The van der Waals surface area contributed by atoms with Crippen molar-refractivity contribution in [3.63, 3.8) is 0 Å². The van der Waals surface area contributed by atoms with Crippen LogP contribution in [-0.4, -0.2) is 13.2 Å². The van der Waals surface area contributed by atoms with Crippen LogP contribution in [0.5, 0.6) is 0 Å². The topological polar surface area (TPSA) is 9.23 Å². The molecule has 0 N–H and O–H groups in total. The molecule has 3 atom stereocenters. The lowest BCUT2D eigenvalue weighted by molar-refractivity contribution is 0.171. The van der Waals surface area contributed by atoms with Gasteiger partial charge in [0.2, 0.25) is 0 Å². The Morgan fingerprint density at radius 2 is 2.00 bits per heavy atom. The third kappa shape index (κ3) is 1.73. The van der Waals surface area contributed by atoms with Gasteiger partial charge in [-0.3, -0.25) is 0 Å². The predicted molar refractivity (Wildman–Crippen MR) is 66.6 cm³/mol. The maximum Gasteiger partial charge on any atom is 0.0726 e. The van der Waals surface area contributed by atoms with Crippen LogP contribution in [0.1, 0.15) is 11.5 Å². The number of rotatable bonds is 3. The van der Waals surface area contributed by atoms with E-state index in [1.807, 2.05) is 6.07 Å². The normalized spacial score (nSPS) is 30.0. The Labute approximate surface area is 98.3 Å². The second kappa shape index (κ2) is 4.03. The molecule has 0 amide bonds. The van der Waals surface area contributed by atoms with E-state index < -0.39 is 0 Å². The highest BCUT2D eigenvalue weighted by atomic mass is 127. The summed E-state index contributed by atoms with van der Waals surface area (Å²) in [5, 5.41) is 0. The molecule has 1 nitrogen and oxygen atoms in total. The van der Waals surface area contributed by atoms with E-state index in [1.54, 1.807) is 7.11 Å². The Hall–Kier alpha value is -0.350. The van der Waals surface area contributed by atoms with Gasteiger partial charge in [-0.2, -0.15) is 0 Å². The fourth-order valence-electron chi connectivity index (χ4n) is 2.02. The largest absolute Gasteiger partial charge is 0.380 e. The fraction of sp³-hybridized carbons (Fsp3) is 0.333. The standard InChI is InChI=1S/C12H13IO/c1-8(13)10-11(12(10)14-2)9-6-4-3-5-7-9/h3-7,10-12H,1H2,2H3/t10-,11-,12+/m0/s1. The highest BCUT2D eigenvalue weighted by molar-refractivity contribution is 14.1. The molecule has 1 aromatic rings. The van der Waals surface area contributed by atoms with Crippen LogP contribution in [0, 0.1) is 5.92 Å². The summed E-state index contributed by atoms with van der Waals surface area (Å²) in [6.45, 7) is 4.00. The van der Waals surface area contributed by atoms with Gasteiger partial charge in [0.1, 0.15) is 0 Å². The number of hydrogen-bond acceptors (Lipinski definition) is 1. The van der Waals surface area contributed by atoms with Crippen molar-refractivity contribution in [2.45, 2.75) is 12.0 Å². The molecule has 1 saturated carbocycles. The molecule has 0 aliphatic heterocycles. The van der Waals surface area contributed by atoms with Gasteiger partial charge in [-0.15, -0.1) is 0 Å². The van der Waals surface area contributed by atoms with Gasteiger partial charge in [-0.05, 0) is 31.7 Å². The number of methoxy groups -OCH3 is 1. The van der Waals surface area contributed by atoms with Crippen molar-refractivity contribution in [1.29, 1.82) is 0 Å². The maximum atomic E-state index is 5.44. The minimum Gasteiger partial charge on any atom is -0.380 e. The number of ether oxygens (including phenoxy) is 1. The average Bonchev–Trinajstić information content (AvgIpc) is 2.93. The third-order valence-electron chi connectivity index (χ3n) is 2.77. The minimum atomic E-state index is 0.335. The smallest absolute Gasteiger partial charge is 0.0726 e. The molecule has 74 valence electrons. The van der Waals surface area contributed by atoms with Gasteiger partial charge >= 0.3 is 0 Å². The summed E-state index contributed by atoms with van der Waals surface area (Å²) in [4.78, 5) is 0. The van der Waals surface area contributed by atoms with E-state index in [0.717, 1.165) is 0 Å². The van der Waals surface area contributed by atoms with E-state index in [9.17, 15) is 0 Å². The van der Waals surface area contributed by atoms with Gasteiger partial charge in [0.15, 0.2) is 0 Å². The van der Waals surface area contributed by atoms with Crippen LogP contribution in [-0.2, 0) is 4.74 Å². The molecule has 1 aliphatic rings. The van der Waals surface area contributed by atoms with Crippen molar-refractivity contribution in [3.05, 3.63) is 46.1 Å². The predicted octanol–water partition coefficient (Wildman–Crippen LogP) is 3.36. The minimum absolute atomic E-state index is 0.335. The van der Waals surface area contributed by atoms with Crippen LogP contribution < -0.4 is 0 Å². The molecule has 2 heteroatoms. The van der Waals surface area contributed by atoms with E-state index in [0.29, 0.717) is 17.9 Å². The van der Waals surface area contributed by atoms with Crippen molar-refractivity contribution in [2.75, 3.05) is 7.11 Å². The van der Waals surface area contributed by atoms with Crippen LogP contribution >= 0.6 is 22.6 Å². The van der Waals surface area contributed by atoms with E-state index in [2.05, 4.69) is 53.4 Å². The maximum absolute atomic E-state index is 5.44. The zero-order valence-electron chi connectivity index (χ0n) is 8.11. The summed E-state index contributed by atoms with van der Waals surface area (Å²) < 4.78 is 6.63. The first-order chi connectivity index (χ1) is 6.75. The molecule has 0 spiro atoms. The van der Waals surface area contributed by atoms with Crippen molar-refractivity contribution in [1.82, 2.24) is 0 Å². The molecule has 0 unspecified atom stereocenters. The molecular formula is C12H13IO. The number of halogens is 1. The van der Waals surface area contributed by atoms with Gasteiger partial charge in [-0.25, -0.2) is 0 Å². The first-order valence-electron chi connectivity index (χ1n) is 4.67. The van der Waals surface area contributed by atoms with Gasteiger partial charge in [-0.1, -0.05) is 36.9 Å². The summed E-state index contributed by atoms with van der Waals surface area (Å²) in [7, 11) is 1.78. The molecule has 1 aliphatic carbocycles. The second-order valence-electron chi connectivity index (χ2n) is 3.61. The third-order valence-corrected chi connectivity index (χ3v) is 3.49. The molecule has 0 radical (unpaired) electrons. The van der Waals surface area contributed by atoms with Crippen molar-refractivity contribution in [2.24, 2.45) is 5.92 Å². The Bertz CT molecular complexity index is 333. The molecular weight excluding hydrogens is 287 g/mol. The summed E-state index contributed by atoms with van der Waals surface area (Å²) in [6.07, 6.45) is 0.335. The van der Waals surface area contributed by atoms with Gasteiger partial charge in [0, 0.05) is 18.9 Å². The first kappa shape index (κ1) is 10.2. The lowest BCUT2D eigenvalue weighted by Gasteiger charge is -1.97. The highest BCUT2D eigenvalue weighted by Crippen LogP contribution is 2.54. The quantitative estimate of drug-likeness (QED) is 0.778. The van der Waals surface area contributed by atoms with E-state index in [4.69, 9.17) is 4.74 Å². The summed E-state index contributed by atoms with van der Waals surface area (Å²) >= 11 is 2.30. The molecule has 1 fully saturated rings. The van der Waals surface area contributed by atoms with Crippen LogP contribution in [0.2, 0.25) is 0 Å². The molecule has 0 aromatic heterocycles. The fourth-order valence-corrected chi connectivity index (χ4v) is 2.76. The zero-order chi connectivity index (χ0) is 10.1. The lowest BCUT2D eigenvalue weighted by Crippen LogP contribution is -1.91. The molecule has 14 heavy (non-hydrogen) atoms. The Morgan fingerprint density at radius 1 is 1.36 bits per heavy atom. The molecule has 0 heterocycles. The summed E-state index contributed by atoms with van der Waals surface area (Å²) in [5.41, 5.74) is 1.36. The lowest BCUT2D eigenvalue weighted by atomic mass is 10.1. The van der Waals surface area contributed by atoms with Crippen LogP contribution in [0.4, 0.5) is 0 Å². The Kier molecular flexibility index (Phi) is 2.93. The van der Waals surface area contributed by atoms with E-state index in [1.165, 1.54) is 9.14 Å². The van der Waals surface area contributed by atoms with E-state index >= 15 is 0 Å². The van der Waals surface area contributed by atoms with Crippen LogP contribution in [0.15, 0.2) is 40.5 Å². The number of benzene rings is 1. The Balaban J connectivity index is 2.18. The SMILES string of the molecule is C=C(I)[C@@H]1[C@@H](OC)[C@H]1c1ccccc1. The van der Waals surface area contributed by atoms with Crippen LogP contribution in [0.3, 0.4) is 0 Å². The molecule has 2 rings (SSSR count). The molecule has 0 bridgehead atoms. The Morgan fingerprint density at radius 3 is 2.43 bits per heavy atom. The molecule has 0 saturated heterocycles. The average molecular weight is 300 g/mol. The number of hydrogen-bond donors (Lipinski definition) is 0. The van der Waals surface area contributed by atoms with E-state index in [-0.39, 0.29) is 0 Å². The van der Waals surface area contributed by atoms with Crippen LogP contribution in [0.25, 0.3) is 0 Å². The van der Waals surface area contributed by atoms with Crippen molar-refractivity contribution in [3.8, 4) is 0 Å².